The van der Waals surface area contributed by atoms with E-state index < -0.39 is 0 Å². The van der Waals surface area contributed by atoms with Crippen LogP contribution >= 0.6 is 22.6 Å². The monoisotopic (exact) mass is 452 g/mol. The number of hydrogen-bond donors (Lipinski definition) is 2. The van der Waals surface area contributed by atoms with Crippen LogP contribution in [0.3, 0.4) is 0 Å². The Balaban J connectivity index is 1.88. The number of aromatic nitrogens is 3. The summed E-state index contributed by atoms with van der Waals surface area (Å²) >= 11 is 2.23. The van der Waals surface area contributed by atoms with Crippen LogP contribution in [0.15, 0.2) is 12.3 Å². The lowest BCUT2D eigenvalue weighted by atomic mass is 10.0. The van der Waals surface area contributed by atoms with Crippen LogP contribution in [-0.4, -0.2) is 52.0 Å². The predicted molar refractivity (Wildman–Crippen MR) is 104 cm³/mol. The van der Waals surface area contributed by atoms with Crippen LogP contribution in [0.1, 0.15) is 34.9 Å². The van der Waals surface area contributed by atoms with E-state index in [0.29, 0.717) is 12.6 Å². The van der Waals surface area contributed by atoms with Gasteiger partial charge in [0.05, 0.1) is 14.8 Å². The minimum absolute atomic E-state index is 0.00575. The van der Waals surface area contributed by atoms with Gasteiger partial charge in [-0.15, -0.1) is 0 Å². The summed E-state index contributed by atoms with van der Waals surface area (Å²) in [6, 6.07) is 2.36. The van der Waals surface area contributed by atoms with Gasteiger partial charge in [-0.3, -0.25) is 4.79 Å². The van der Waals surface area contributed by atoms with Gasteiger partial charge in [-0.05, 0) is 61.6 Å². The van der Waals surface area contributed by atoms with E-state index in [4.69, 9.17) is 5.73 Å². The number of fused-ring (bicyclic) bond motifs is 1. The number of nitrogens with one attached hydrogen (secondary N) is 1. The lowest BCUT2D eigenvalue weighted by molar-refractivity contribution is 0.0944. The second kappa shape index (κ2) is 6.56. The van der Waals surface area contributed by atoms with Gasteiger partial charge in [0.25, 0.3) is 5.91 Å². The average molecular weight is 452 g/mol. The molecule has 1 saturated heterocycles. The number of halogens is 1. The maximum Gasteiger partial charge on any atom is 0.253 e. The first kappa shape index (κ1) is 16.8. The van der Waals surface area contributed by atoms with Crippen LogP contribution < -0.4 is 11.1 Å². The summed E-state index contributed by atoms with van der Waals surface area (Å²) in [5.41, 5.74) is 9.53. The van der Waals surface area contributed by atoms with Gasteiger partial charge in [-0.1, -0.05) is 0 Å². The Morgan fingerprint density at radius 1 is 1.36 bits per heavy atom. The summed E-state index contributed by atoms with van der Waals surface area (Å²) in [7, 11) is 2.16. The zero-order valence-electron chi connectivity index (χ0n) is 14.1. The Morgan fingerprint density at radius 3 is 2.88 bits per heavy atom. The average Bonchev–Trinajstić information content (AvgIpc) is 2.98. The van der Waals surface area contributed by atoms with Gasteiger partial charge in [0, 0.05) is 30.9 Å². The van der Waals surface area contributed by atoms with Crippen molar-refractivity contribution in [3.8, 4) is 11.4 Å². The van der Waals surface area contributed by atoms with E-state index >= 15 is 0 Å². The van der Waals surface area contributed by atoms with Crippen LogP contribution in [0, 0.1) is 3.57 Å². The fourth-order valence-corrected chi connectivity index (χ4v) is 4.36. The van der Waals surface area contributed by atoms with E-state index in [1.54, 1.807) is 6.20 Å². The number of piperidine rings is 1. The zero-order chi connectivity index (χ0) is 17.6. The maximum absolute atomic E-state index is 12.4. The molecule has 25 heavy (non-hydrogen) atoms. The molecule has 0 bridgehead atoms. The molecule has 4 rings (SSSR count). The summed E-state index contributed by atoms with van der Waals surface area (Å²) in [4.78, 5) is 23.3. The molecule has 1 fully saturated rings. The molecule has 0 saturated carbocycles. The molecule has 7 nitrogen and oxygen atoms in total. The van der Waals surface area contributed by atoms with Crippen LogP contribution in [0.2, 0.25) is 0 Å². The third kappa shape index (κ3) is 3.01. The number of carbonyl (C=O) groups is 1. The number of carbonyl (C=O) groups excluding carboxylic acids is 1. The largest absolute Gasteiger partial charge is 0.368 e. The van der Waals surface area contributed by atoms with Crippen molar-refractivity contribution < 1.29 is 4.79 Å². The number of anilines is 1. The normalized spacial score (nSPS) is 18.9. The van der Waals surface area contributed by atoms with Crippen molar-refractivity contribution in [2.24, 2.45) is 0 Å². The molecule has 0 aromatic carbocycles. The Kier molecular flexibility index (Phi) is 4.40. The number of rotatable bonds is 2. The first-order valence-electron chi connectivity index (χ1n) is 8.54. The highest BCUT2D eigenvalue weighted by Gasteiger charge is 2.30. The van der Waals surface area contributed by atoms with Gasteiger partial charge in [0.2, 0.25) is 5.95 Å². The fraction of sp³-hybridized carbons (Fsp3) is 0.471. The van der Waals surface area contributed by atoms with Crippen molar-refractivity contribution in [2.75, 3.05) is 32.4 Å². The van der Waals surface area contributed by atoms with Gasteiger partial charge in [0.1, 0.15) is 5.69 Å². The highest BCUT2D eigenvalue weighted by Crippen LogP contribution is 2.36. The van der Waals surface area contributed by atoms with Crippen molar-refractivity contribution in [1.82, 2.24) is 24.8 Å². The van der Waals surface area contributed by atoms with Crippen molar-refractivity contribution in [3.63, 3.8) is 0 Å². The van der Waals surface area contributed by atoms with Crippen LogP contribution in [0.5, 0.6) is 0 Å². The number of hydrogen-bond acceptors (Lipinski definition) is 5. The first-order chi connectivity index (χ1) is 12.0. The van der Waals surface area contributed by atoms with E-state index in [2.05, 4.69) is 54.4 Å². The summed E-state index contributed by atoms with van der Waals surface area (Å²) < 4.78 is 3.29. The molecule has 132 valence electrons. The Morgan fingerprint density at radius 2 is 2.12 bits per heavy atom. The number of nitrogen functional groups attached to an aromatic ring is 1. The quantitative estimate of drug-likeness (QED) is 0.678. The lowest BCUT2D eigenvalue weighted by Gasteiger charge is -2.33. The van der Waals surface area contributed by atoms with E-state index in [1.807, 2.05) is 6.07 Å². The molecule has 2 aromatic heterocycles. The number of amides is 1. The molecule has 1 amide bonds. The van der Waals surface area contributed by atoms with E-state index in [1.165, 1.54) is 0 Å². The molecule has 0 aliphatic carbocycles. The minimum atomic E-state index is 0.00575. The van der Waals surface area contributed by atoms with Gasteiger partial charge in [-0.25, -0.2) is 9.97 Å². The number of nitrogens with zero attached hydrogens (tertiary/aromatic N) is 4. The third-order valence-corrected chi connectivity index (χ3v) is 5.88. The van der Waals surface area contributed by atoms with Crippen LogP contribution in [0.25, 0.3) is 11.4 Å². The molecule has 3 N–H and O–H groups in total. The topological polar surface area (TPSA) is 89.1 Å². The number of likely N-dealkylation sites (tertiary alicyclic amines) is 1. The third-order valence-electron chi connectivity index (χ3n) is 5.09. The lowest BCUT2D eigenvalue weighted by Crippen LogP contribution is -2.35. The predicted octanol–water partition coefficient (Wildman–Crippen LogP) is 1.68. The fourth-order valence-electron chi connectivity index (χ4n) is 3.82. The van der Waals surface area contributed by atoms with Crippen molar-refractivity contribution in [3.05, 3.63) is 27.1 Å². The minimum Gasteiger partial charge on any atom is -0.368 e. The second-order valence-electron chi connectivity index (χ2n) is 6.73. The molecular formula is C17H21IN6O. The van der Waals surface area contributed by atoms with Crippen LogP contribution in [0.4, 0.5) is 5.95 Å². The molecule has 0 atom stereocenters. The number of nitrogens with two attached hydrogens (primary N) is 1. The standard InChI is InChI=1S/C17H21IN6O/c1-23-6-3-10(4-7-23)24-13-2-5-20-16(25)11(13)8-14(24)15-12(18)9-21-17(19)22-15/h8-10H,2-7H2,1H3,(H,20,25)(H2,19,21,22). The van der Waals surface area contributed by atoms with Gasteiger partial charge in [0.15, 0.2) is 0 Å². The van der Waals surface area contributed by atoms with E-state index in [9.17, 15) is 4.79 Å². The molecule has 0 spiro atoms. The van der Waals surface area contributed by atoms with Gasteiger partial charge in [-0.2, -0.15) is 0 Å². The smallest absolute Gasteiger partial charge is 0.253 e. The zero-order valence-corrected chi connectivity index (χ0v) is 16.3. The summed E-state index contributed by atoms with van der Waals surface area (Å²) in [5.74, 6) is 0.264. The Labute approximate surface area is 160 Å². The molecule has 8 heteroatoms. The highest BCUT2D eigenvalue weighted by molar-refractivity contribution is 14.1. The molecule has 4 heterocycles. The first-order valence-corrected chi connectivity index (χ1v) is 9.61. The maximum atomic E-state index is 12.4. The van der Waals surface area contributed by atoms with Crippen molar-refractivity contribution in [1.29, 1.82) is 0 Å². The van der Waals surface area contributed by atoms with E-state index in [-0.39, 0.29) is 11.9 Å². The van der Waals surface area contributed by atoms with Crippen LogP contribution in [-0.2, 0) is 6.42 Å². The SMILES string of the molecule is CN1CCC(n2c(-c3nc(N)ncc3I)cc3c2CCNC3=O)CC1. The van der Waals surface area contributed by atoms with E-state index in [0.717, 1.165) is 58.6 Å². The molecule has 0 unspecified atom stereocenters. The molecule has 2 aromatic rings. The second-order valence-corrected chi connectivity index (χ2v) is 7.89. The summed E-state index contributed by atoms with van der Waals surface area (Å²) in [6.07, 6.45) is 4.74. The highest BCUT2D eigenvalue weighted by atomic mass is 127. The Bertz CT molecular complexity index is 825. The Hall–Kier alpha value is -1.68. The molecule has 0 radical (unpaired) electrons. The van der Waals surface area contributed by atoms with Gasteiger partial charge < -0.3 is 20.5 Å². The van der Waals surface area contributed by atoms with Gasteiger partial charge >= 0.3 is 0 Å². The summed E-state index contributed by atoms with van der Waals surface area (Å²) in [5, 5.41) is 2.95. The molecule has 2 aliphatic rings. The van der Waals surface area contributed by atoms with Crippen molar-refractivity contribution in [2.45, 2.75) is 25.3 Å². The van der Waals surface area contributed by atoms with Crippen molar-refractivity contribution >= 4 is 34.4 Å². The molecular weight excluding hydrogens is 431 g/mol. The molecule has 2 aliphatic heterocycles. The summed E-state index contributed by atoms with van der Waals surface area (Å²) in [6.45, 7) is 2.81.